The second-order valence-corrected chi connectivity index (χ2v) is 9.47. The summed E-state index contributed by atoms with van der Waals surface area (Å²) in [5.41, 5.74) is 3.16. The molecule has 0 aliphatic carbocycles. The second-order valence-electron chi connectivity index (χ2n) is 9.04. The van der Waals surface area contributed by atoms with Crippen LogP contribution >= 0.6 is 11.6 Å². The minimum Gasteiger partial charge on any atom is -0.358 e. The van der Waals surface area contributed by atoms with Gasteiger partial charge in [-0.15, -0.1) is 0 Å². The smallest absolute Gasteiger partial charge is 0.253 e. The molecule has 3 amide bonds. The van der Waals surface area contributed by atoms with Crippen LogP contribution in [0.2, 0.25) is 5.02 Å². The molecule has 2 heterocycles. The zero-order valence-electron chi connectivity index (χ0n) is 20.4. The zero-order chi connectivity index (χ0) is 24.9. The van der Waals surface area contributed by atoms with Crippen LogP contribution in [0.5, 0.6) is 0 Å². The van der Waals surface area contributed by atoms with Crippen LogP contribution in [0.3, 0.4) is 0 Å². The molecule has 2 aromatic rings. The van der Waals surface area contributed by atoms with Crippen molar-refractivity contribution in [2.75, 3.05) is 42.5 Å². The number of rotatable bonds is 8. The summed E-state index contributed by atoms with van der Waals surface area (Å²) < 4.78 is 0. The van der Waals surface area contributed by atoms with E-state index in [1.807, 2.05) is 50.2 Å². The van der Waals surface area contributed by atoms with Crippen molar-refractivity contribution < 1.29 is 14.4 Å². The summed E-state index contributed by atoms with van der Waals surface area (Å²) in [5, 5.41) is 3.61. The van der Waals surface area contributed by atoms with Crippen LogP contribution in [0.4, 0.5) is 11.4 Å². The van der Waals surface area contributed by atoms with Crippen LogP contribution in [0.15, 0.2) is 42.5 Å². The fourth-order valence-electron chi connectivity index (χ4n) is 4.94. The first-order chi connectivity index (χ1) is 16.9. The average molecular weight is 497 g/mol. The maximum atomic E-state index is 13.5. The van der Waals surface area contributed by atoms with E-state index in [2.05, 4.69) is 10.2 Å². The van der Waals surface area contributed by atoms with Crippen molar-refractivity contribution in [3.8, 4) is 0 Å². The van der Waals surface area contributed by atoms with E-state index in [1.54, 1.807) is 15.9 Å². The molecule has 2 aliphatic heterocycles. The highest BCUT2D eigenvalue weighted by Crippen LogP contribution is 2.40. The number of amides is 3. The molecule has 35 heavy (non-hydrogen) atoms. The van der Waals surface area contributed by atoms with Gasteiger partial charge in [-0.25, -0.2) is 0 Å². The van der Waals surface area contributed by atoms with E-state index in [0.29, 0.717) is 42.3 Å². The topological polar surface area (TPSA) is 73.0 Å². The van der Waals surface area contributed by atoms with Gasteiger partial charge in [0, 0.05) is 36.8 Å². The number of anilines is 2. The summed E-state index contributed by atoms with van der Waals surface area (Å²) in [4.78, 5) is 44.9. The third-order valence-corrected chi connectivity index (χ3v) is 7.13. The Morgan fingerprint density at radius 1 is 1.06 bits per heavy atom. The molecule has 8 heteroatoms. The molecule has 1 unspecified atom stereocenters. The van der Waals surface area contributed by atoms with E-state index < -0.39 is 0 Å². The van der Waals surface area contributed by atoms with E-state index in [4.69, 9.17) is 11.6 Å². The third kappa shape index (κ3) is 5.45. The minimum atomic E-state index is -0.262. The average Bonchev–Trinajstić information content (AvgIpc) is 2.88. The molecular weight excluding hydrogens is 464 g/mol. The van der Waals surface area contributed by atoms with Crippen molar-refractivity contribution in [3.63, 3.8) is 0 Å². The van der Waals surface area contributed by atoms with Gasteiger partial charge in [0.2, 0.25) is 11.8 Å². The molecule has 0 saturated carbocycles. The number of piperidine rings is 1. The lowest BCUT2D eigenvalue weighted by Gasteiger charge is -2.45. The van der Waals surface area contributed by atoms with E-state index >= 15 is 0 Å². The van der Waals surface area contributed by atoms with Crippen molar-refractivity contribution >= 4 is 40.7 Å². The largest absolute Gasteiger partial charge is 0.358 e. The third-order valence-electron chi connectivity index (χ3n) is 6.88. The monoisotopic (exact) mass is 496 g/mol. The highest BCUT2D eigenvalue weighted by Gasteiger charge is 2.40. The fraction of sp³-hybridized carbons (Fsp3) is 0.444. The van der Waals surface area contributed by atoms with Crippen LogP contribution < -0.4 is 15.1 Å². The Kier molecular flexibility index (Phi) is 7.96. The van der Waals surface area contributed by atoms with Crippen LogP contribution in [-0.2, 0) is 16.0 Å². The summed E-state index contributed by atoms with van der Waals surface area (Å²) in [6, 6.07) is 12.8. The zero-order valence-corrected chi connectivity index (χ0v) is 21.2. The Morgan fingerprint density at radius 3 is 2.51 bits per heavy atom. The molecular formula is C27H33ClN4O3. The van der Waals surface area contributed by atoms with Crippen molar-refractivity contribution in [2.24, 2.45) is 0 Å². The summed E-state index contributed by atoms with van der Waals surface area (Å²) in [5.74, 6) is -0.362. The molecule has 1 N–H and O–H groups in total. The lowest BCUT2D eigenvalue weighted by Crippen LogP contribution is -2.57. The Bertz CT molecular complexity index is 1080. The molecule has 0 bridgehead atoms. The predicted molar refractivity (Wildman–Crippen MR) is 139 cm³/mol. The molecule has 186 valence electrons. The van der Waals surface area contributed by atoms with Gasteiger partial charge in [-0.3, -0.25) is 19.3 Å². The van der Waals surface area contributed by atoms with Gasteiger partial charge in [0.05, 0.1) is 11.4 Å². The maximum absolute atomic E-state index is 13.5. The van der Waals surface area contributed by atoms with Crippen LogP contribution in [0, 0.1) is 0 Å². The lowest BCUT2D eigenvalue weighted by atomic mass is 9.95. The van der Waals surface area contributed by atoms with E-state index in [9.17, 15) is 14.4 Å². The predicted octanol–water partition coefficient (Wildman–Crippen LogP) is 3.89. The fourth-order valence-corrected chi connectivity index (χ4v) is 5.07. The summed E-state index contributed by atoms with van der Waals surface area (Å²) in [6.45, 7) is 6.31. The Hall–Kier alpha value is -3.06. The molecule has 2 aromatic carbocycles. The first kappa shape index (κ1) is 25.0. The summed E-state index contributed by atoms with van der Waals surface area (Å²) in [6.07, 6.45) is 3.45. The minimum absolute atomic E-state index is 0.0697. The molecule has 1 saturated heterocycles. The van der Waals surface area contributed by atoms with Gasteiger partial charge in [-0.2, -0.15) is 0 Å². The van der Waals surface area contributed by atoms with E-state index in [0.717, 1.165) is 37.1 Å². The number of hydrogen-bond donors (Lipinski definition) is 1. The molecule has 4 rings (SSSR count). The van der Waals surface area contributed by atoms with Gasteiger partial charge in [0.25, 0.3) is 5.91 Å². The Labute approximate surface area is 212 Å². The number of nitrogens with zero attached hydrogens (tertiary/aromatic N) is 3. The van der Waals surface area contributed by atoms with Crippen molar-refractivity contribution in [1.82, 2.24) is 10.2 Å². The summed E-state index contributed by atoms with van der Waals surface area (Å²) >= 11 is 5.94. The lowest BCUT2D eigenvalue weighted by molar-refractivity contribution is -0.124. The van der Waals surface area contributed by atoms with Gasteiger partial charge < -0.3 is 15.1 Å². The molecule has 7 nitrogen and oxygen atoms in total. The van der Waals surface area contributed by atoms with Crippen molar-refractivity contribution in [1.29, 1.82) is 0 Å². The van der Waals surface area contributed by atoms with E-state index in [-0.39, 0.29) is 30.3 Å². The number of carbonyl (C=O) groups is 3. The molecule has 1 atom stereocenters. The first-order valence-corrected chi connectivity index (χ1v) is 12.8. The first-order valence-electron chi connectivity index (χ1n) is 12.5. The quantitative estimate of drug-likeness (QED) is 0.602. The highest BCUT2D eigenvalue weighted by atomic mass is 35.5. The van der Waals surface area contributed by atoms with Crippen LogP contribution in [0.25, 0.3) is 0 Å². The van der Waals surface area contributed by atoms with Crippen molar-refractivity contribution in [2.45, 2.75) is 45.6 Å². The SMILES string of the molecule is CCN(CC)C(=O)c1ccc2c(c1)N(CC(=O)NCCc1ccc(Cl)cc1)C(=O)C1CCCCN21. The maximum Gasteiger partial charge on any atom is 0.253 e. The Balaban J connectivity index is 1.54. The molecule has 2 aliphatic rings. The summed E-state index contributed by atoms with van der Waals surface area (Å²) in [7, 11) is 0. The van der Waals surface area contributed by atoms with Gasteiger partial charge in [-0.1, -0.05) is 23.7 Å². The standard InChI is InChI=1S/C27H33ClN4O3/c1-3-30(4-2)26(34)20-10-13-22-24(17-20)32(27(35)23-7-5-6-16-31(22)23)18-25(33)29-15-14-19-8-11-21(28)12-9-19/h8-13,17,23H,3-7,14-16,18H2,1-2H3,(H,29,33). The van der Waals surface area contributed by atoms with Gasteiger partial charge in [0.15, 0.2) is 0 Å². The van der Waals surface area contributed by atoms with Crippen LogP contribution in [0.1, 0.15) is 49.0 Å². The molecule has 1 fully saturated rings. The Morgan fingerprint density at radius 2 is 1.80 bits per heavy atom. The second kappa shape index (κ2) is 11.1. The molecule has 0 radical (unpaired) electrons. The normalized spacial score (nSPS) is 17.0. The van der Waals surface area contributed by atoms with Gasteiger partial charge >= 0.3 is 0 Å². The van der Waals surface area contributed by atoms with E-state index in [1.165, 1.54) is 0 Å². The number of benzene rings is 2. The molecule has 0 spiro atoms. The van der Waals surface area contributed by atoms with Crippen molar-refractivity contribution in [3.05, 3.63) is 58.6 Å². The number of fused-ring (bicyclic) bond motifs is 3. The number of nitrogens with one attached hydrogen (secondary N) is 1. The molecule has 0 aromatic heterocycles. The number of carbonyl (C=O) groups excluding carboxylic acids is 3. The highest BCUT2D eigenvalue weighted by molar-refractivity contribution is 6.30. The number of hydrogen-bond acceptors (Lipinski definition) is 4. The number of halogens is 1. The van der Waals surface area contributed by atoms with Gasteiger partial charge in [0.1, 0.15) is 12.6 Å². The van der Waals surface area contributed by atoms with Gasteiger partial charge in [-0.05, 0) is 75.4 Å². The van der Waals surface area contributed by atoms with Crippen LogP contribution in [-0.4, -0.2) is 61.4 Å².